The first kappa shape index (κ1) is 21.2. The Morgan fingerprint density at radius 2 is 2.00 bits per heavy atom. The highest BCUT2D eigenvalue weighted by atomic mass is 19.1. The number of likely N-dealkylation sites (N-methyl/N-ethyl adjacent to an activating group) is 1. The summed E-state index contributed by atoms with van der Waals surface area (Å²) in [6.07, 6.45) is 7.93. The van der Waals surface area contributed by atoms with Crippen LogP contribution in [0.15, 0.2) is 52.7 Å². The maximum Gasteiger partial charge on any atom is 0.123 e. The highest BCUT2D eigenvalue weighted by Crippen LogP contribution is 2.31. The Kier molecular flexibility index (Phi) is 9.05. The molecule has 27 heavy (non-hydrogen) atoms. The molecule has 0 aliphatic heterocycles. The number of hydrogen-bond donors (Lipinski definition) is 2. The maximum absolute atomic E-state index is 13.1. The highest BCUT2D eigenvalue weighted by Gasteiger charge is 2.14. The quantitative estimate of drug-likeness (QED) is 0.344. The SMILES string of the molecule is C=C(CCCNCCN(CC)c1ccc(F)cc1)C1=C(N=CN)CCCC1. The van der Waals surface area contributed by atoms with Crippen LogP contribution in [-0.2, 0) is 0 Å². The first-order valence-corrected chi connectivity index (χ1v) is 10.0. The van der Waals surface area contributed by atoms with Crippen molar-refractivity contribution >= 4 is 12.0 Å². The number of anilines is 1. The van der Waals surface area contributed by atoms with Crippen molar-refractivity contribution in [2.45, 2.75) is 45.4 Å². The minimum Gasteiger partial charge on any atom is -0.390 e. The van der Waals surface area contributed by atoms with Gasteiger partial charge in [-0.1, -0.05) is 12.2 Å². The molecule has 0 bridgehead atoms. The Balaban J connectivity index is 1.69. The van der Waals surface area contributed by atoms with Gasteiger partial charge in [-0.3, -0.25) is 0 Å². The Morgan fingerprint density at radius 3 is 2.70 bits per heavy atom. The predicted octanol–water partition coefficient (Wildman–Crippen LogP) is 4.39. The van der Waals surface area contributed by atoms with Crippen molar-refractivity contribution in [2.75, 3.05) is 31.1 Å². The Hall–Kier alpha value is -2.14. The van der Waals surface area contributed by atoms with Gasteiger partial charge in [-0.25, -0.2) is 9.38 Å². The number of halogens is 1. The second-order valence-electron chi connectivity index (χ2n) is 6.92. The Bertz CT molecular complexity index is 649. The fraction of sp³-hybridized carbons (Fsp3) is 0.500. The number of nitrogens with zero attached hydrogens (tertiary/aromatic N) is 2. The van der Waals surface area contributed by atoms with E-state index in [4.69, 9.17) is 5.73 Å². The van der Waals surface area contributed by atoms with Crippen molar-refractivity contribution in [3.63, 3.8) is 0 Å². The molecule has 4 nitrogen and oxygen atoms in total. The van der Waals surface area contributed by atoms with Crippen molar-refractivity contribution in [2.24, 2.45) is 10.7 Å². The predicted molar refractivity (Wildman–Crippen MR) is 114 cm³/mol. The molecule has 0 aromatic heterocycles. The molecule has 0 saturated carbocycles. The van der Waals surface area contributed by atoms with E-state index < -0.39 is 0 Å². The van der Waals surface area contributed by atoms with E-state index >= 15 is 0 Å². The van der Waals surface area contributed by atoms with Gasteiger partial charge in [0.1, 0.15) is 5.82 Å². The molecule has 2 rings (SSSR count). The van der Waals surface area contributed by atoms with E-state index in [-0.39, 0.29) is 5.82 Å². The second kappa shape index (κ2) is 11.5. The molecule has 0 spiro atoms. The molecular formula is C22H33FN4. The molecule has 0 fully saturated rings. The lowest BCUT2D eigenvalue weighted by atomic mass is 9.90. The molecule has 0 saturated heterocycles. The summed E-state index contributed by atoms with van der Waals surface area (Å²) in [5.74, 6) is -0.193. The van der Waals surface area contributed by atoms with Gasteiger partial charge in [0, 0.05) is 31.0 Å². The van der Waals surface area contributed by atoms with Crippen LogP contribution in [0.5, 0.6) is 0 Å². The van der Waals surface area contributed by atoms with Crippen molar-refractivity contribution in [3.8, 4) is 0 Å². The molecule has 1 aliphatic carbocycles. The second-order valence-corrected chi connectivity index (χ2v) is 6.92. The molecule has 3 N–H and O–H groups in total. The minimum absolute atomic E-state index is 0.193. The molecule has 1 aromatic rings. The molecule has 0 amide bonds. The van der Waals surface area contributed by atoms with Crippen LogP contribution in [0.3, 0.4) is 0 Å². The van der Waals surface area contributed by atoms with Gasteiger partial charge in [0.2, 0.25) is 0 Å². The molecule has 0 heterocycles. The van der Waals surface area contributed by atoms with Gasteiger partial charge in [-0.05, 0) is 81.8 Å². The van der Waals surface area contributed by atoms with Crippen LogP contribution in [0.1, 0.15) is 45.4 Å². The number of aliphatic imine (C=N–C) groups is 1. The number of benzene rings is 1. The molecule has 1 aliphatic rings. The van der Waals surface area contributed by atoms with Crippen LogP contribution in [0.2, 0.25) is 0 Å². The van der Waals surface area contributed by atoms with Gasteiger partial charge >= 0.3 is 0 Å². The van der Waals surface area contributed by atoms with Gasteiger partial charge in [0.15, 0.2) is 0 Å². The van der Waals surface area contributed by atoms with E-state index in [1.165, 1.54) is 42.5 Å². The normalized spacial score (nSPS) is 14.7. The van der Waals surface area contributed by atoms with Crippen LogP contribution >= 0.6 is 0 Å². The van der Waals surface area contributed by atoms with E-state index in [1.807, 2.05) is 12.1 Å². The monoisotopic (exact) mass is 372 g/mol. The lowest BCUT2D eigenvalue weighted by Crippen LogP contribution is -2.32. The summed E-state index contributed by atoms with van der Waals surface area (Å²) in [4.78, 5) is 6.58. The third-order valence-corrected chi connectivity index (χ3v) is 5.06. The van der Waals surface area contributed by atoms with E-state index in [9.17, 15) is 4.39 Å². The van der Waals surface area contributed by atoms with Crippen LogP contribution in [0.25, 0.3) is 0 Å². The van der Waals surface area contributed by atoms with Crippen molar-refractivity contribution in [1.29, 1.82) is 0 Å². The van der Waals surface area contributed by atoms with Crippen molar-refractivity contribution in [3.05, 3.63) is 53.5 Å². The van der Waals surface area contributed by atoms with Crippen LogP contribution in [0.4, 0.5) is 10.1 Å². The smallest absolute Gasteiger partial charge is 0.123 e. The average molecular weight is 373 g/mol. The fourth-order valence-electron chi connectivity index (χ4n) is 3.54. The van der Waals surface area contributed by atoms with Gasteiger partial charge in [-0.15, -0.1) is 0 Å². The van der Waals surface area contributed by atoms with Gasteiger partial charge in [0.05, 0.1) is 6.34 Å². The van der Waals surface area contributed by atoms with E-state index in [2.05, 4.69) is 28.7 Å². The summed E-state index contributed by atoms with van der Waals surface area (Å²) in [6, 6.07) is 6.70. The Labute approximate surface area is 163 Å². The number of rotatable bonds is 11. The maximum atomic E-state index is 13.1. The molecule has 0 atom stereocenters. The largest absolute Gasteiger partial charge is 0.390 e. The highest BCUT2D eigenvalue weighted by molar-refractivity contribution is 5.54. The van der Waals surface area contributed by atoms with Crippen LogP contribution in [-0.4, -0.2) is 32.5 Å². The van der Waals surface area contributed by atoms with Crippen molar-refractivity contribution < 1.29 is 4.39 Å². The zero-order valence-electron chi connectivity index (χ0n) is 16.5. The van der Waals surface area contributed by atoms with Gasteiger partial charge in [0.25, 0.3) is 0 Å². The van der Waals surface area contributed by atoms with Gasteiger partial charge in [-0.2, -0.15) is 0 Å². The van der Waals surface area contributed by atoms with E-state index in [0.29, 0.717) is 0 Å². The first-order valence-electron chi connectivity index (χ1n) is 10.0. The van der Waals surface area contributed by atoms with E-state index in [0.717, 1.165) is 63.2 Å². The summed E-state index contributed by atoms with van der Waals surface area (Å²) < 4.78 is 13.1. The van der Waals surface area contributed by atoms with Gasteiger partial charge < -0.3 is 16.0 Å². The summed E-state index contributed by atoms with van der Waals surface area (Å²) >= 11 is 0. The zero-order valence-corrected chi connectivity index (χ0v) is 16.5. The third-order valence-electron chi connectivity index (χ3n) is 5.06. The molecule has 1 aromatic carbocycles. The summed E-state index contributed by atoms with van der Waals surface area (Å²) in [5.41, 5.74) is 10.2. The molecule has 0 radical (unpaired) electrons. The summed E-state index contributed by atoms with van der Waals surface area (Å²) in [6.45, 7) is 10.1. The molecular weight excluding hydrogens is 339 g/mol. The lowest BCUT2D eigenvalue weighted by molar-refractivity contribution is 0.622. The third kappa shape index (κ3) is 6.83. The summed E-state index contributed by atoms with van der Waals surface area (Å²) in [5, 5.41) is 3.50. The minimum atomic E-state index is -0.193. The Morgan fingerprint density at radius 1 is 1.26 bits per heavy atom. The topological polar surface area (TPSA) is 53.6 Å². The average Bonchev–Trinajstić information content (AvgIpc) is 2.69. The van der Waals surface area contributed by atoms with Crippen LogP contribution in [0, 0.1) is 5.82 Å². The standard InChI is InChI=1S/C22H33FN4/c1-3-27(20-12-10-19(23)11-13-20)16-15-25-14-6-7-18(2)21-8-4-5-9-22(21)26-17-24/h10-13,17,25H,2-9,14-16H2,1H3,(H2,24,26). The summed E-state index contributed by atoms with van der Waals surface area (Å²) in [7, 11) is 0. The number of nitrogens with one attached hydrogen (secondary N) is 1. The first-order chi connectivity index (χ1) is 13.2. The fourth-order valence-corrected chi connectivity index (χ4v) is 3.54. The molecule has 148 valence electrons. The lowest BCUT2D eigenvalue weighted by Gasteiger charge is -2.23. The molecule has 0 unspecified atom stereocenters. The van der Waals surface area contributed by atoms with E-state index in [1.54, 1.807) is 0 Å². The van der Waals surface area contributed by atoms with Crippen LogP contribution < -0.4 is 16.0 Å². The van der Waals surface area contributed by atoms with Crippen molar-refractivity contribution in [1.82, 2.24) is 5.32 Å². The number of hydrogen-bond acceptors (Lipinski definition) is 3. The zero-order chi connectivity index (χ0) is 19.5. The number of allylic oxidation sites excluding steroid dienone is 3. The number of nitrogens with two attached hydrogens (primary N) is 1. The molecule has 5 heteroatoms.